The van der Waals surface area contributed by atoms with Gasteiger partial charge in [-0.2, -0.15) is 4.31 Å². The Balaban J connectivity index is 1.64. The van der Waals surface area contributed by atoms with Gasteiger partial charge in [-0.25, -0.2) is 8.42 Å². The van der Waals surface area contributed by atoms with Crippen molar-refractivity contribution in [1.29, 1.82) is 0 Å². The standard InChI is InChI=1S/C28H36N4O5S/c1-5-24-17-32(38(35,36)27-10-8-7-9-26(27)37-24)16-23-14-21(12-11-19(23)3)22(15-28(33)34)13-20(4)25-18-31(6-2)30-29-25/h7-12,14,18,20,22,24H,5-6,13,15-17H2,1-4H3,(H,33,34)/t20?,22?,24-/m1/s1. The van der Waals surface area contributed by atoms with E-state index in [1.807, 2.05) is 52.1 Å². The number of para-hydroxylation sites is 1. The van der Waals surface area contributed by atoms with Crippen molar-refractivity contribution in [3.8, 4) is 5.75 Å². The van der Waals surface area contributed by atoms with Gasteiger partial charge in [0.1, 0.15) is 16.7 Å². The third-order valence-electron chi connectivity index (χ3n) is 7.26. The van der Waals surface area contributed by atoms with Crippen LogP contribution in [-0.2, 0) is 27.9 Å². The van der Waals surface area contributed by atoms with Gasteiger partial charge >= 0.3 is 5.97 Å². The van der Waals surface area contributed by atoms with Gasteiger partial charge in [0.2, 0.25) is 10.0 Å². The Bertz CT molecular complexity index is 1390. The predicted molar refractivity (Wildman–Crippen MR) is 144 cm³/mol. The van der Waals surface area contributed by atoms with Crippen LogP contribution in [0.1, 0.15) is 74.3 Å². The van der Waals surface area contributed by atoms with E-state index < -0.39 is 16.0 Å². The Kier molecular flexibility index (Phi) is 8.52. The summed E-state index contributed by atoms with van der Waals surface area (Å²) >= 11 is 0. The maximum atomic E-state index is 13.6. The van der Waals surface area contributed by atoms with Crippen LogP contribution in [0.4, 0.5) is 0 Å². The number of benzene rings is 2. The van der Waals surface area contributed by atoms with E-state index in [1.165, 1.54) is 4.31 Å². The van der Waals surface area contributed by atoms with Crippen LogP contribution in [-0.4, -0.2) is 51.4 Å². The second-order valence-corrected chi connectivity index (χ2v) is 11.9. The number of nitrogens with zero attached hydrogens (tertiary/aromatic N) is 4. The number of aliphatic carboxylic acids is 1. The predicted octanol–water partition coefficient (Wildman–Crippen LogP) is 4.72. The van der Waals surface area contributed by atoms with Crippen LogP contribution in [0.25, 0.3) is 0 Å². The Hall–Kier alpha value is -3.24. The van der Waals surface area contributed by atoms with E-state index in [0.717, 1.165) is 22.4 Å². The SMILES string of the molecule is CC[C@@H]1CN(Cc2cc(C(CC(=O)O)CC(C)c3cn(CC)nn3)ccc2C)S(=O)(=O)c2ccccc2O1. The number of fused-ring (bicyclic) bond motifs is 1. The first kappa shape index (κ1) is 27.8. The molecule has 1 aliphatic heterocycles. The van der Waals surface area contributed by atoms with E-state index in [1.54, 1.807) is 28.9 Å². The minimum Gasteiger partial charge on any atom is -0.488 e. The van der Waals surface area contributed by atoms with E-state index in [0.29, 0.717) is 25.1 Å². The largest absolute Gasteiger partial charge is 0.488 e. The summed E-state index contributed by atoms with van der Waals surface area (Å²) in [5.41, 5.74) is 3.50. The number of hydrogen-bond acceptors (Lipinski definition) is 6. The van der Waals surface area contributed by atoms with Gasteiger partial charge in [-0.1, -0.05) is 49.4 Å². The molecule has 0 fully saturated rings. The lowest BCUT2D eigenvalue weighted by molar-refractivity contribution is -0.137. The molecule has 0 aliphatic carbocycles. The first-order valence-corrected chi connectivity index (χ1v) is 14.5. The number of hydrogen-bond donors (Lipinski definition) is 1. The van der Waals surface area contributed by atoms with Crippen molar-refractivity contribution in [3.63, 3.8) is 0 Å². The van der Waals surface area contributed by atoms with Crippen molar-refractivity contribution in [2.75, 3.05) is 6.54 Å². The Labute approximate surface area is 224 Å². The van der Waals surface area contributed by atoms with Crippen molar-refractivity contribution in [2.24, 2.45) is 0 Å². The molecular weight excluding hydrogens is 504 g/mol. The number of carboxylic acids is 1. The molecule has 1 N–H and O–H groups in total. The first-order valence-electron chi connectivity index (χ1n) is 13.1. The molecule has 0 saturated carbocycles. The monoisotopic (exact) mass is 540 g/mol. The highest BCUT2D eigenvalue weighted by Gasteiger charge is 2.34. The summed E-state index contributed by atoms with van der Waals surface area (Å²) in [6.07, 6.45) is 2.85. The average molecular weight is 541 g/mol. The lowest BCUT2D eigenvalue weighted by Crippen LogP contribution is -2.36. The maximum Gasteiger partial charge on any atom is 0.303 e. The van der Waals surface area contributed by atoms with Gasteiger partial charge in [0.05, 0.1) is 18.7 Å². The smallest absolute Gasteiger partial charge is 0.303 e. The van der Waals surface area contributed by atoms with Crippen LogP contribution in [0, 0.1) is 6.92 Å². The van der Waals surface area contributed by atoms with Gasteiger partial charge in [0.25, 0.3) is 0 Å². The molecule has 204 valence electrons. The molecule has 1 aliphatic rings. The number of ether oxygens (including phenoxy) is 1. The zero-order valence-electron chi connectivity index (χ0n) is 22.4. The van der Waals surface area contributed by atoms with Crippen molar-refractivity contribution in [1.82, 2.24) is 19.3 Å². The van der Waals surface area contributed by atoms with E-state index in [2.05, 4.69) is 10.3 Å². The molecule has 2 unspecified atom stereocenters. The van der Waals surface area contributed by atoms with Crippen LogP contribution in [0.2, 0.25) is 0 Å². The number of carboxylic acid groups (broad SMARTS) is 1. The van der Waals surface area contributed by atoms with E-state index in [-0.39, 0.29) is 42.3 Å². The Morgan fingerprint density at radius 1 is 1.21 bits per heavy atom. The summed E-state index contributed by atoms with van der Waals surface area (Å²) in [6, 6.07) is 12.6. The zero-order chi connectivity index (χ0) is 27.4. The van der Waals surface area contributed by atoms with Gasteiger partial charge in [-0.15, -0.1) is 5.10 Å². The molecule has 2 aromatic carbocycles. The minimum absolute atomic E-state index is 0.00866. The minimum atomic E-state index is -3.79. The molecule has 0 saturated heterocycles. The molecule has 0 amide bonds. The van der Waals surface area contributed by atoms with Crippen LogP contribution >= 0.6 is 0 Å². The second-order valence-electron chi connectivity index (χ2n) is 10.0. The van der Waals surface area contributed by atoms with E-state index >= 15 is 0 Å². The van der Waals surface area contributed by atoms with Crippen LogP contribution < -0.4 is 4.74 Å². The van der Waals surface area contributed by atoms with Gasteiger partial charge in [-0.3, -0.25) is 9.48 Å². The number of aromatic nitrogens is 3. The van der Waals surface area contributed by atoms with Gasteiger partial charge < -0.3 is 9.84 Å². The van der Waals surface area contributed by atoms with Crippen LogP contribution in [0.5, 0.6) is 5.75 Å². The third-order valence-corrected chi connectivity index (χ3v) is 9.11. The summed E-state index contributed by atoms with van der Waals surface area (Å²) < 4.78 is 36.6. The summed E-state index contributed by atoms with van der Waals surface area (Å²) in [6.45, 7) is 9.07. The summed E-state index contributed by atoms with van der Waals surface area (Å²) in [5, 5.41) is 18.0. The Morgan fingerprint density at radius 3 is 2.66 bits per heavy atom. The molecule has 10 heteroatoms. The molecule has 3 aromatic rings. The molecular formula is C28H36N4O5S. The quantitative estimate of drug-likeness (QED) is 0.396. The summed E-state index contributed by atoms with van der Waals surface area (Å²) in [7, 11) is -3.79. The average Bonchev–Trinajstić information content (AvgIpc) is 3.34. The van der Waals surface area contributed by atoms with E-state index in [4.69, 9.17) is 4.74 Å². The highest BCUT2D eigenvalue weighted by Crippen LogP contribution is 2.35. The van der Waals surface area contributed by atoms with Gasteiger partial charge in [0, 0.05) is 25.2 Å². The molecule has 3 atom stereocenters. The molecule has 0 spiro atoms. The summed E-state index contributed by atoms with van der Waals surface area (Å²) in [4.78, 5) is 12.0. The highest BCUT2D eigenvalue weighted by atomic mass is 32.2. The normalized spacial score (nSPS) is 18.7. The lowest BCUT2D eigenvalue weighted by Gasteiger charge is -2.25. The topological polar surface area (TPSA) is 115 Å². The second kappa shape index (κ2) is 11.7. The summed E-state index contributed by atoms with van der Waals surface area (Å²) in [5.74, 6) is -0.754. The fourth-order valence-electron chi connectivity index (χ4n) is 4.90. The molecule has 4 rings (SSSR count). The fraction of sp³-hybridized carbons (Fsp3) is 0.464. The van der Waals surface area contributed by atoms with Crippen molar-refractivity contribution in [2.45, 2.75) is 82.9 Å². The molecule has 9 nitrogen and oxygen atoms in total. The maximum absolute atomic E-state index is 13.6. The molecule has 38 heavy (non-hydrogen) atoms. The van der Waals surface area contributed by atoms with E-state index in [9.17, 15) is 18.3 Å². The van der Waals surface area contributed by atoms with Gasteiger partial charge in [0.15, 0.2) is 0 Å². The van der Waals surface area contributed by atoms with Crippen LogP contribution in [0.15, 0.2) is 53.6 Å². The number of aryl methyl sites for hydroxylation is 2. The molecule has 1 aromatic heterocycles. The van der Waals surface area contributed by atoms with Gasteiger partial charge in [-0.05, 0) is 61.4 Å². The highest BCUT2D eigenvalue weighted by molar-refractivity contribution is 7.89. The van der Waals surface area contributed by atoms with Crippen LogP contribution in [0.3, 0.4) is 0 Å². The molecule has 0 radical (unpaired) electrons. The van der Waals surface area contributed by atoms with Crippen molar-refractivity contribution in [3.05, 3.63) is 71.0 Å². The van der Waals surface area contributed by atoms with Crippen molar-refractivity contribution < 1.29 is 23.1 Å². The third kappa shape index (κ3) is 6.07. The molecule has 2 heterocycles. The fourth-order valence-corrected chi connectivity index (χ4v) is 6.47. The number of sulfonamides is 1. The molecule has 0 bridgehead atoms. The number of carbonyl (C=O) groups is 1. The number of rotatable bonds is 10. The van der Waals surface area contributed by atoms with Crippen molar-refractivity contribution >= 4 is 16.0 Å². The first-order chi connectivity index (χ1) is 18.1. The Morgan fingerprint density at radius 2 is 1.97 bits per heavy atom. The lowest BCUT2D eigenvalue weighted by atomic mass is 9.85. The zero-order valence-corrected chi connectivity index (χ0v) is 23.2.